The highest BCUT2D eigenvalue weighted by molar-refractivity contribution is 7.19. The summed E-state index contributed by atoms with van der Waals surface area (Å²) < 4.78 is 41.0. The summed E-state index contributed by atoms with van der Waals surface area (Å²) >= 11 is 1.40. The van der Waals surface area contributed by atoms with Crippen molar-refractivity contribution in [3.8, 4) is 10.6 Å². The molecule has 0 fully saturated rings. The van der Waals surface area contributed by atoms with Crippen LogP contribution in [0.2, 0.25) is 0 Å². The van der Waals surface area contributed by atoms with E-state index in [0.717, 1.165) is 28.4 Å². The zero-order valence-electron chi connectivity index (χ0n) is 12.4. The Balaban J connectivity index is 1.77. The standard InChI is InChI=1S/C15H13F3N4S/c1-8-14(12-3-4-22(2)21-12)23-15(20-8)19-7-9-5-10(16)13(18)11(17)6-9/h3-6H,7H2,1-2H3,(H,19,20). The second-order valence-electron chi connectivity index (χ2n) is 5.04. The average molecular weight is 338 g/mol. The Labute approximate surface area is 134 Å². The first-order chi connectivity index (χ1) is 10.9. The molecule has 1 aromatic carbocycles. The summed E-state index contributed by atoms with van der Waals surface area (Å²) in [6.45, 7) is 2.01. The van der Waals surface area contributed by atoms with Crippen molar-refractivity contribution in [1.82, 2.24) is 14.8 Å². The highest BCUT2D eigenvalue weighted by Gasteiger charge is 2.13. The molecule has 120 valence electrons. The number of thiazole rings is 1. The molecule has 0 spiro atoms. The lowest BCUT2D eigenvalue weighted by molar-refractivity contribution is 0.445. The summed E-state index contributed by atoms with van der Waals surface area (Å²) in [7, 11) is 1.83. The molecule has 8 heteroatoms. The van der Waals surface area contributed by atoms with Crippen LogP contribution < -0.4 is 5.32 Å². The van der Waals surface area contributed by atoms with Crippen molar-refractivity contribution in [2.24, 2.45) is 7.05 Å². The Morgan fingerprint density at radius 1 is 1.22 bits per heavy atom. The van der Waals surface area contributed by atoms with E-state index in [-0.39, 0.29) is 6.54 Å². The predicted octanol–water partition coefficient (Wildman–Crippen LogP) is 3.88. The van der Waals surface area contributed by atoms with Crippen LogP contribution in [0.25, 0.3) is 10.6 Å². The maximum Gasteiger partial charge on any atom is 0.194 e. The number of nitrogens with one attached hydrogen (secondary N) is 1. The third-order valence-corrected chi connectivity index (χ3v) is 4.37. The highest BCUT2D eigenvalue weighted by atomic mass is 32.1. The van der Waals surface area contributed by atoms with E-state index < -0.39 is 17.5 Å². The Bertz CT molecular complexity index is 833. The van der Waals surface area contributed by atoms with E-state index in [1.165, 1.54) is 11.3 Å². The lowest BCUT2D eigenvalue weighted by Gasteiger charge is -2.04. The van der Waals surface area contributed by atoms with Crippen LogP contribution in [0.4, 0.5) is 18.3 Å². The number of nitrogens with zero attached hydrogens (tertiary/aromatic N) is 3. The largest absolute Gasteiger partial charge is 0.357 e. The van der Waals surface area contributed by atoms with Crippen molar-refractivity contribution in [1.29, 1.82) is 0 Å². The van der Waals surface area contributed by atoms with Gasteiger partial charge in [-0.25, -0.2) is 18.2 Å². The fourth-order valence-electron chi connectivity index (χ4n) is 2.13. The van der Waals surface area contributed by atoms with Gasteiger partial charge >= 0.3 is 0 Å². The summed E-state index contributed by atoms with van der Waals surface area (Å²) in [5.74, 6) is -3.87. The minimum Gasteiger partial charge on any atom is -0.357 e. The van der Waals surface area contributed by atoms with Crippen molar-refractivity contribution >= 4 is 16.5 Å². The van der Waals surface area contributed by atoms with Crippen LogP contribution in [0, 0.1) is 24.4 Å². The molecule has 4 nitrogen and oxygen atoms in total. The fourth-order valence-corrected chi connectivity index (χ4v) is 3.06. The van der Waals surface area contributed by atoms with Gasteiger partial charge in [-0.1, -0.05) is 11.3 Å². The quantitative estimate of drug-likeness (QED) is 0.734. The van der Waals surface area contributed by atoms with E-state index in [0.29, 0.717) is 10.7 Å². The third kappa shape index (κ3) is 3.21. The van der Waals surface area contributed by atoms with Crippen LogP contribution in [0.3, 0.4) is 0 Å². The minimum absolute atomic E-state index is 0.142. The zero-order chi connectivity index (χ0) is 16.6. The lowest BCUT2D eigenvalue weighted by Crippen LogP contribution is -2.02. The van der Waals surface area contributed by atoms with E-state index in [2.05, 4.69) is 15.4 Å². The molecule has 0 aliphatic rings. The number of hydrogen-bond acceptors (Lipinski definition) is 4. The minimum atomic E-state index is -1.46. The van der Waals surface area contributed by atoms with Gasteiger partial charge in [0.05, 0.1) is 10.6 Å². The average Bonchev–Trinajstić information content (AvgIpc) is 3.08. The molecule has 0 radical (unpaired) electrons. The molecule has 0 bridgehead atoms. The molecule has 0 aliphatic heterocycles. The maximum absolute atomic E-state index is 13.2. The molecule has 3 rings (SSSR count). The summed E-state index contributed by atoms with van der Waals surface area (Å²) in [5.41, 5.74) is 1.93. The molecular formula is C15H13F3N4S. The topological polar surface area (TPSA) is 42.7 Å². The van der Waals surface area contributed by atoms with E-state index in [9.17, 15) is 13.2 Å². The van der Waals surface area contributed by atoms with Crippen molar-refractivity contribution < 1.29 is 13.2 Å². The van der Waals surface area contributed by atoms with Crippen LogP contribution in [0.15, 0.2) is 24.4 Å². The van der Waals surface area contributed by atoms with Crippen LogP contribution >= 0.6 is 11.3 Å². The van der Waals surface area contributed by atoms with Gasteiger partial charge in [0.25, 0.3) is 0 Å². The van der Waals surface area contributed by atoms with Crippen molar-refractivity contribution in [2.75, 3.05) is 5.32 Å². The highest BCUT2D eigenvalue weighted by Crippen LogP contribution is 2.31. The second kappa shape index (κ2) is 6.04. The molecule has 0 amide bonds. The third-order valence-electron chi connectivity index (χ3n) is 3.23. The Morgan fingerprint density at radius 2 is 1.91 bits per heavy atom. The normalized spacial score (nSPS) is 11.0. The number of rotatable bonds is 4. The van der Waals surface area contributed by atoms with E-state index >= 15 is 0 Å². The lowest BCUT2D eigenvalue weighted by atomic mass is 10.2. The van der Waals surface area contributed by atoms with E-state index in [4.69, 9.17) is 0 Å². The van der Waals surface area contributed by atoms with Gasteiger partial charge in [-0.2, -0.15) is 5.10 Å². The molecule has 2 aromatic heterocycles. The van der Waals surface area contributed by atoms with Gasteiger partial charge in [-0.15, -0.1) is 0 Å². The summed E-state index contributed by atoms with van der Waals surface area (Å²) in [6.07, 6.45) is 1.84. The summed E-state index contributed by atoms with van der Waals surface area (Å²) in [6, 6.07) is 3.81. The van der Waals surface area contributed by atoms with Crippen LogP contribution in [-0.2, 0) is 13.6 Å². The Kier molecular flexibility index (Phi) is 4.08. The molecule has 23 heavy (non-hydrogen) atoms. The molecule has 0 atom stereocenters. The Hall–Kier alpha value is -2.35. The number of anilines is 1. The molecule has 0 unspecified atom stereocenters. The van der Waals surface area contributed by atoms with E-state index in [1.54, 1.807) is 4.68 Å². The van der Waals surface area contributed by atoms with Crippen molar-refractivity contribution in [2.45, 2.75) is 13.5 Å². The number of benzene rings is 1. The van der Waals surface area contributed by atoms with Gasteiger partial charge in [-0.3, -0.25) is 4.68 Å². The first-order valence-corrected chi connectivity index (χ1v) is 7.60. The number of halogens is 3. The molecule has 3 aromatic rings. The van der Waals surface area contributed by atoms with Crippen LogP contribution in [0.1, 0.15) is 11.3 Å². The summed E-state index contributed by atoms with van der Waals surface area (Å²) in [4.78, 5) is 5.29. The second-order valence-corrected chi connectivity index (χ2v) is 6.03. The Morgan fingerprint density at radius 3 is 2.52 bits per heavy atom. The van der Waals surface area contributed by atoms with Crippen molar-refractivity contribution in [3.05, 3.63) is 53.1 Å². The smallest absolute Gasteiger partial charge is 0.194 e. The molecule has 0 aliphatic carbocycles. The van der Waals surface area contributed by atoms with E-state index in [1.807, 2.05) is 26.2 Å². The molecule has 1 N–H and O–H groups in total. The maximum atomic E-state index is 13.2. The van der Waals surface area contributed by atoms with Gasteiger partial charge in [0.15, 0.2) is 22.6 Å². The predicted molar refractivity (Wildman–Crippen MR) is 82.7 cm³/mol. The van der Waals surface area contributed by atoms with Crippen molar-refractivity contribution in [3.63, 3.8) is 0 Å². The number of aryl methyl sites for hydroxylation is 2. The van der Waals surface area contributed by atoms with Gasteiger partial charge < -0.3 is 5.32 Å². The van der Waals surface area contributed by atoms with Gasteiger partial charge in [0.1, 0.15) is 5.69 Å². The van der Waals surface area contributed by atoms with Gasteiger partial charge in [-0.05, 0) is 30.7 Å². The van der Waals surface area contributed by atoms with Gasteiger partial charge in [0, 0.05) is 19.8 Å². The van der Waals surface area contributed by atoms with Gasteiger partial charge in [0.2, 0.25) is 0 Å². The molecule has 0 saturated carbocycles. The number of aromatic nitrogens is 3. The molecular weight excluding hydrogens is 325 g/mol. The molecule has 2 heterocycles. The zero-order valence-corrected chi connectivity index (χ0v) is 13.2. The van der Waals surface area contributed by atoms with Crippen LogP contribution in [-0.4, -0.2) is 14.8 Å². The fraction of sp³-hybridized carbons (Fsp3) is 0.200. The first kappa shape index (κ1) is 15.5. The SMILES string of the molecule is Cc1nc(NCc2cc(F)c(F)c(F)c2)sc1-c1ccn(C)n1. The summed E-state index contributed by atoms with van der Waals surface area (Å²) in [5, 5.41) is 7.92. The first-order valence-electron chi connectivity index (χ1n) is 6.79. The van der Waals surface area contributed by atoms with Crippen LogP contribution in [0.5, 0.6) is 0 Å². The molecule has 0 saturated heterocycles. The number of hydrogen-bond donors (Lipinski definition) is 1. The monoisotopic (exact) mass is 338 g/mol.